The Hall–Kier alpha value is -2.51. The number of amides is 3. The van der Waals surface area contributed by atoms with E-state index < -0.39 is 17.9 Å². The largest absolute Gasteiger partial charge is 0.465 e. The van der Waals surface area contributed by atoms with Crippen molar-refractivity contribution < 1.29 is 23.9 Å². The first-order chi connectivity index (χ1) is 10.1. The van der Waals surface area contributed by atoms with Gasteiger partial charge >= 0.3 is 12.0 Å². The Morgan fingerprint density at radius 2 is 2.14 bits per heavy atom. The summed E-state index contributed by atoms with van der Waals surface area (Å²) >= 11 is 0. The predicted molar refractivity (Wildman–Crippen MR) is 71.3 cm³/mol. The van der Waals surface area contributed by atoms with E-state index >= 15 is 0 Å². The van der Waals surface area contributed by atoms with Crippen molar-refractivity contribution in [3.63, 3.8) is 0 Å². The highest BCUT2D eigenvalue weighted by Gasteiger charge is 2.28. The molecule has 3 N–H and O–H groups in total. The molecule has 1 aliphatic rings. The zero-order valence-electron chi connectivity index (χ0n) is 11.4. The van der Waals surface area contributed by atoms with Crippen LogP contribution in [0.15, 0.2) is 22.8 Å². The summed E-state index contributed by atoms with van der Waals surface area (Å²) in [4.78, 5) is 35.7. The molecule has 21 heavy (non-hydrogen) atoms. The first-order valence-electron chi connectivity index (χ1n) is 6.70. The summed E-state index contributed by atoms with van der Waals surface area (Å²) in [5.74, 6) is -0.916. The summed E-state index contributed by atoms with van der Waals surface area (Å²) < 4.78 is 4.88. The van der Waals surface area contributed by atoms with E-state index in [9.17, 15) is 14.4 Å². The van der Waals surface area contributed by atoms with Gasteiger partial charge in [-0.3, -0.25) is 20.4 Å². The highest BCUT2D eigenvalue weighted by Crippen LogP contribution is 2.19. The maximum absolute atomic E-state index is 11.8. The average molecular weight is 295 g/mol. The lowest BCUT2D eigenvalue weighted by Gasteiger charge is -2.33. The van der Waals surface area contributed by atoms with Crippen LogP contribution in [-0.2, 0) is 4.79 Å². The minimum atomic E-state index is -1.02. The van der Waals surface area contributed by atoms with Crippen LogP contribution in [0.1, 0.15) is 36.2 Å². The van der Waals surface area contributed by atoms with E-state index in [0.717, 1.165) is 12.8 Å². The van der Waals surface area contributed by atoms with E-state index in [-0.39, 0.29) is 18.2 Å². The maximum Gasteiger partial charge on any atom is 0.407 e. The molecule has 1 aromatic rings. The summed E-state index contributed by atoms with van der Waals surface area (Å²) in [6.45, 7) is 0.437. The van der Waals surface area contributed by atoms with Gasteiger partial charge in [-0.25, -0.2) is 4.79 Å². The number of hydrogen-bond donors (Lipinski definition) is 3. The van der Waals surface area contributed by atoms with Crippen LogP contribution in [0.5, 0.6) is 0 Å². The standard InChI is InChI=1S/C13H17N3O5/c17-11(14-15-12(18)10-5-3-7-21-10)8-9-4-1-2-6-16(9)13(19)20/h3,5,7,9H,1-2,4,6,8H2,(H,14,17)(H,15,18)(H,19,20)/t9-/m0/s1. The second kappa shape index (κ2) is 6.78. The monoisotopic (exact) mass is 295 g/mol. The van der Waals surface area contributed by atoms with E-state index in [1.54, 1.807) is 6.07 Å². The fourth-order valence-electron chi connectivity index (χ4n) is 2.33. The van der Waals surface area contributed by atoms with Gasteiger partial charge in [0.25, 0.3) is 0 Å². The Morgan fingerprint density at radius 1 is 1.33 bits per heavy atom. The molecule has 2 heterocycles. The van der Waals surface area contributed by atoms with Crippen LogP contribution < -0.4 is 10.9 Å². The highest BCUT2D eigenvalue weighted by atomic mass is 16.4. The fourth-order valence-corrected chi connectivity index (χ4v) is 2.33. The van der Waals surface area contributed by atoms with Crippen LogP contribution in [0.25, 0.3) is 0 Å². The van der Waals surface area contributed by atoms with E-state index in [2.05, 4.69) is 10.9 Å². The zero-order valence-corrected chi connectivity index (χ0v) is 11.4. The summed E-state index contributed by atoms with van der Waals surface area (Å²) in [6, 6.07) is 2.68. The molecule has 0 radical (unpaired) electrons. The topological polar surface area (TPSA) is 112 Å². The molecule has 8 nitrogen and oxygen atoms in total. The molecule has 0 unspecified atom stereocenters. The number of nitrogens with zero attached hydrogens (tertiary/aromatic N) is 1. The molecule has 0 saturated carbocycles. The minimum Gasteiger partial charge on any atom is -0.465 e. The summed E-state index contributed by atoms with van der Waals surface area (Å²) in [7, 11) is 0. The first kappa shape index (κ1) is 14.9. The molecule has 2 rings (SSSR count). The lowest BCUT2D eigenvalue weighted by Crippen LogP contribution is -2.48. The molecule has 1 aromatic heterocycles. The number of hydrazine groups is 1. The number of furan rings is 1. The van der Waals surface area contributed by atoms with Gasteiger partial charge in [0.05, 0.1) is 6.26 Å². The third kappa shape index (κ3) is 3.98. The fraction of sp³-hybridized carbons (Fsp3) is 0.462. The van der Waals surface area contributed by atoms with Crippen LogP contribution in [0.4, 0.5) is 4.79 Å². The van der Waals surface area contributed by atoms with Gasteiger partial charge in [-0.05, 0) is 31.4 Å². The van der Waals surface area contributed by atoms with Crippen molar-refractivity contribution in [2.45, 2.75) is 31.7 Å². The third-order valence-corrected chi connectivity index (χ3v) is 3.35. The van der Waals surface area contributed by atoms with Crippen molar-refractivity contribution in [2.24, 2.45) is 0 Å². The van der Waals surface area contributed by atoms with E-state index in [0.29, 0.717) is 13.0 Å². The number of nitrogens with one attached hydrogen (secondary N) is 2. The molecular weight excluding hydrogens is 278 g/mol. The van der Waals surface area contributed by atoms with Gasteiger partial charge in [0.2, 0.25) is 5.91 Å². The number of hydrogen-bond acceptors (Lipinski definition) is 4. The third-order valence-electron chi connectivity index (χ3n) is 3.35. The quantitative estimate of drug-likeness (QED) is 0.719. The van der Waals surface area contributed by atoms with Crippen molar-refractivity contribution in [3.05, 3.63) is 24.2 Å². The Morgan fingerprint density at radius 3 is 2.81 bits per heavy atom. The minimum absolute atomic E-state index is 0.0186. The maximum atomic E-state index is 11.8. The Kier molecular flexibility index (Phi) is 4.81. The van der Waals surface area contributed by atoms with Gasteiger partial charge < -0.3 is 14.4 Å². The van der Waals surface area contributed by atoms with Crippen molar-refractivity contribution in [1.29, 1.82) is 0 Å². The number of carbonyl (C=O) groups is 3. The van der Waals surface area contributed by atoms with Crippen LogP contribution in [0.3, 0.4) is 0 Å². The number of rotatable bonds is 3. The Labute approximate surface area is 121 Å². The summed E-state index contributed by atoms with van der Waals surface area (Å²) in [5.41, 5.74) is 4.48. The molecule has 1 aliphatic heterocycles. The molecule has 1 saturated heterocycles. The number of carboxylic acid groups (broad SMARTS) is 1. The van der Waals surface area contributed by atoms with Crippen LogP contribution in [-0.4, -0.2) is 40.5 Å². The number of likely N-dealkylation sites (tertiary alicyclic amines) is 1. The zero-order chi connectivity index (χ0) is 15.2. The smallest absolute Gasteiger partial charge is 0.407 e. The van der Waals surface area contributed by atoms with Crippen LogP contribution >= 0.6 is 0 Å². The number of piperidine rings is 1. The lowest BCUT2D eigenvalue weighted by molar-refractivity contribution is -0.123. The lowest BCUT2D eigenvalue weighted by atomic mass is 10.00. The normalized spacial score (nSPS) is 18.1. The van der Waals surface area contributed by atoms with Gasteiger partial charge in [0.15, 0.2) is 5.76 Å². The Bertz CT molecular complexity index is 514. The van der Waals surface area contributed by atoms with Crippen molar-refractivity contribution in [1.82, 2.24) is 15.8 Å². The molecular formula is C13H17N3O5. The summed E-state index contributed by atoms with van der Waals surface area (Å²) in [5, 5.41) is 9.08. The molecule has 0 aliphatic carbocycles. The van der Waals surface area contributed by atoms with Gasteiger partial charge in [-0.15, -0.1) is 0 Å². The average Bonchev–Trinajstić information content (AvgIpc) is 2.99. The molecule has 0 bridgehead atoms. The molecule has 114 valence electrons. The Balaban J connectivity index is 1.81. The van der Waals surface area contributed by atoms with Gasteiger partial charge in [-0.2, -0.15) is 0 Å². The van der Waals surface area contributed by atoms with E-state index in [1.807, 2.05) is 0 Å². The molecule has 8 heteroatoms. The molecule has 0 spiro atoms. The van der Waals surface area contributed by atoms with Gasteiger partial charge in [-0.1, -0.05) is 0 Å². The van der Waals surface area contributed by atoms with E-state index in [1.165, 1.54) is 17.2 Å². The van der Waals surface area contributed by atoms with Crippen LogP contribution in [0.2, 0.25) is 0 Å². The summed E-state index contributed by atoms with van der Waals surface area (Å²) in [6.07, 6.45) is 2.69. The van der Waals surface area contributed by atoms with Crippen LogP contribution in [0, 0.1) is 0 Å². The predicted octanol–water partition coefficient (Wildman–Crippen LogP) is 0.963. The van der Waals surface area contributed by atoms with Gasteiger partial charge in [0, 0.05) is 19.0 Å². The second-order valence-corrected chi connectivity index (χ2v) is 4.81. The SMILES string of the molecule is O=C(C[C@@H]1CCCCN1C(=O)O)NNC(=O)c1ccco1. The highest BCUT2D eigenvalue weighted by molar-refractivity contribution is 5.92. The number of carbonyl (C=O) groups excluding carboxylic acids is 2. The van der Waals surface area contributed by atoms with E-state index in [4.69, 9.17) is 9.52 Å². The molecule has 3 amide bonds. The second-order valence-electron chi connectivity index (χ2n) is 4.81. The molecule has 1 fully saturated rings. The van der Waals surface area contributed by atoms with Gasteiger partial charge in [0.1, 0.15) is 0 Å². The van der Waals surface area contributed by atoms with Crippen molar-refractivity contribution in [2.75, 3.05) is 6.54 Å². The molecule has 1 atom stereocenters. The van der Waals surface area contributed by atoms with Crippen molar-refractivity contribution in [3.8, 4) is 0 Å². The van der Waals surface area contributed by atoms with Crippen molar-refractivity contribution >= 4 is 17.9 Å². The first-order valence-corrected chi connectivity index (χ1v) is 6.70. The molecule has 0 aromatic carbocycles.